The minimum absolute atomic E-state index is 0.136. The maximum absolute atomic E-state index is 12.6. The predicted molar refractivity (Wildman–Crippen MR) is 110 cm³/mol. The van der Waals surface area contributed by atoms with Crippen LogP contribution in [-0.4, -0.2) is 13.0 Å². The van der Waals surface area contributed by atoms with Crippen LogP contribution in [0.3, 0.4) is 0 Å². The summed E-state index contributed by atoms with van der Waals surface area (Å²) in [5.74, 6) is 1.48. The molecule has 0 bridgehead atoms. The van der Waals surface area contributed by atoms with Gasteiger partial charge in [0.15, 0.2) is 11.5 Å². The molecule has 3 aromatic carbocycles. The van der Waals surface area contributed by atoms with E-state index in [-0.39, 0.29) is 5.91 Å². The number of amides is 1. The van der Waals surface area contributed by atoms with E-state index >= 15 is 0 Å². The fourth-order valence-corrected chi connectivity index (χ4v) is 3.50. The van der Waals surface area contributed by atoms with E-state index in [0.29, 0.717) is 37.5 Å². The third kappa shape index (κ3) is 3.86. The number of carbonyl (C=O) groups excluding carboxylic acids is 1. The van der Waals surface area contributed by atoms with E-state index < -0.39 is 0 Å². The van der Waals surface area contributed by atoms with Crippen LogP contribution in [-0.2, 0) is 24.4 Å². The molecule has 3 aromatic rings. The Morgan fingerprint density at radius 2 is 1.54 bits per heavy atom. The first-order chi connectivity index (χ1) is 13.7. The third-order valence-electron chi connectivity index (χ3n) is 4.99. The van der Waals surface area contributed by atoms with E-state index in [0.717, 1.165) is 22.4 Å². The highest BCUT2D eigenvalue weighted by molar-refractivity contribution is 5.96. The molecule has 4 rings (SSSR count). The Labute approximate surface area is 165 Å². The normalized spacial score (nSPS) is 13.2. The highest BCUT2D eigenvalue weighted by atomic mass is 16.5. The van der Waals surface area contributed by atoms with Crippen molar-refractivity contribution in [2.75, 3.05) is 12.0 Å². The Bertz CT molecular complexity index is 954. The summed E-state index contributed by atoms with van der Waals surface area (Å²) in [7, 11) is 1.63. The number of fused-ring (bicyclic) bond motifs is 1. The van der Waals surface area contributed by atoms with E-state index in [9.17, 15) is 4.79 Å². The lowest BCUT2D eigenvalue weighted by Crippen LogP contribution is -2.34. The molecular weight excluding hydrogens is 350 g/mol. The third-order valence-corrected chi connectivity index (χ3v) is 4.99. The van der Waals surface area contributed by atoms with Crippen LogP contribution in [0.15, 0.2) is 72.8 Å². The molecule has 0 radical (unpaired) electrons. The molecule has 4 heteroatoms. The number of carbonyl (C=O) groups is 1. The van der Waals surface area contributed by atoms with Crippen LogP contribution in [0.1, 0.15) is 23.1 Å². The van der Waals surface area contributed by atoms with E-state index in [1.54, 1.807) is 7.11 Å². The van der Waals surface area contributed by atoms with Gasteiger partial charge in [-0.05, 0) is 29.2 Å². The van der Waals surface area contributed by atoms with Gasteiger partial charge in [-0.25, -0.2) is 0 Å². The van der Waals surface area contributed by atoms with Crippen LogP contribution in [0, 0.1) is 0 Å². The first kappa shape index (κ1) is 18.1. The highest BCUT2D eigenvalue weighted by Crippen LogP contribution is 2.39. The van der Waals surface area contributed by atoms with Gasteiger partial charge in [0, 0.05) is 12.5 Å². The van der Waals surface area contributed by atoms with Gasteiger partial charge in [0.05, 0.1) is 19.3 Å². The molecule has 1 heterocycles. The summed E-state index contributed by atoms with van der Waals surface area (Å²) >= 11 is 0. The minimum atomic E-state index is 0.136. The van der Waals surface area contributed by atoms with Crippen LogP contribution in [0.4, 0.5) is 5.69 Å². The van der Waals surface area contributed by atoms with Crippen LogP contribution >= 0.6 is 0 Å². The van der Waals surface area contributed by atoms with E-state index in [4.69, 9.17) is 9.47 Å². The van der Waals surface area contributed by atoms with Gasteiger partial charge in [0.2, 0.25) is 5.91 Å². The Kier molecular flexibility index (Phi) is 5.29. The number of aryl methyl sites for hydroxylation is 1. The van der Waals surface area contributed by atoms with Crippen LogP contribution in [0.25, 0.3) is 0 Å². The summed E-state index contributed by atoms with van der Waals surface area (Å²) in [6, 6.07) is 24.0. The second kappa shape index (κ2) is 8.17. The smallest absolute Gasteiger partial charge is 0.227 e. The lowest BCUT2D eigenvalue weighted by molar-refractivity contribution is -0.119. The lowest BCUT2D eigenvalue weighted by Gasteiger charge is -2.30. The van der Waals surface area contributed by atoms with Gasteiger partial charge in [-0.3, -0.25) is 4.79 Å². The summed E-state index contributed by atoms with van der Waals surface area (Å²) in [5, 5.41) is 0. The Balaban J connectivity index is 1.62. The summed E-state index contributed by atoms with van der Waals surface area (Å²) in [6.45, 7) is 1.03. The van der Waals surface area contributed by atoms with Crippen LogP contribution in [0.2, 0.25) is 0 Å². The molecule has 28 heavy (non-hydrogen) atoms. The van der Waals surface area contributed by atoms with Gasteiger partial charge in [-0.1, -0.05) is 60.7 Å². The maximum Gasteiger partial charge on any atom is 0.227 e. The standard InChI is InChI=1S/C24H23NO3/c1-27-22-15-21-20(14-23(22)28-17-19-10-6-3-7-11-19)12-13-24(26)25(21)16-18-8-4-2-5-9-18/h2-11,14-15H,12-13,16-17H2,1H3. The molecule has 0 saturated carbocycles. The number of nitrogens with zero attached hydrogens (tertiary/aromatic N) is 1. The molecule has 0 fully saturated rings. The van der Waals surface area contributed by atoms with E-state index in [2.05, 4.69) is 0 Å². The van der Waals surface area contributed by atoms with Gasteiger partial charge in [0.25, 0.3) is 0 Å². The molecule has 4 nitrogen and oxygen atoms in total. The zero-order valence-electron chi connectivity index (χ0n) is 15.9. The SMILES string of the molecule is COc1cc2c(cc1OCc1ccccc1)CCC(=O)N2Cc1ccccc1. The predicted octanol–water partition coefficient (Wildman–Crippen LogP) is 4.75. The zero-order chi connectivity index (χ0) is 19.3. The number of benzene rings is 3. The monoisotopic (exact) mass is 373 g/mol. The van der Waals surface area contributed by atoms with Crippen molar-refractivity contribution < 1.29 is 14.3 Å². The van der Waals surface area contributed by atoms with Gasteiger partial charge in [0.1, 0.15) is 6.61 Å². The number of hydrogen-bond donors (Lipinski definition) is 0. The number of hydrogen-bond acceptors (Lipinski definition) is 3. The maximum atomic E-state index is 12.6. The average Bonchev–Trinajstić information content (AvgIpc) is 2.75. The van der Waals surface area contributed by atoms with Crippen molar-refractivity contribution in [3.63, 3.8) is 0 Å². The number of methoxy groups -OCH3 is 1. The van der Waals surface area contributed by atoms with Crippen molar-refractivity contribution in [3.8, 4) is 11.5 Å². The Morgan fingerprint density at radius 3 is 2.21 bits per heavy atom. The first-order valence-corrected chi connectivity index (χ1v) is 9.46. The largest absolute Gasteiger partial charge is 0.493 e. The molecule has 142 valence electrons. The van der Waals surface area contributed by atoms with Gasteiger partial charge >= 0.3 is 0 Å². The second-order valence-electron chi connectivity index (χ2n) is 6.87. The van der Waals surface area contributed by atoms with Crippen molar-refractivity contribution in [1.29, 1.82) is 0 Å². The van der Waals surface area contributed by atoms with Crippen molar-refractivity contribution in [2.24, 2.45) is 0 Å². The van der Waals surface area contributed by atoms with Crippen molar-refractivity contribution >= 4 is 11.6 Å². The molecule has 0 saturated heterocycles. The number of ether oxygens (including phenoxy) is 2. The topological polar surface area (TPSA) is 38.8 Å². The molecule has 0 aromatic heterocycles. The van der Waals surface area contributed by atoms with Crippen LogP contribution in [0.5, 0.6) is 11.5 Å². The summed E-state index contributed by atoms with van der Waals surface area (Å²) in [4.78, 5) is 14.5. The van der Waals surface area contributed by atoms with Gasteiger partial charge in [-0.15, -0.1) is 0 Å². The molecule has 1 aliphatic heterocycles. The minimum Gasteiger partial charge on any atom is -0.493 e. The fraction of sp³-hybridized carbons (Fsp3) is 0.208. The van der Waals surface area contributed by atoms with E-state index in [1.165, 1.54) is 0 Å². The molecule has 1 amide bonds. The summed E-state index contributed by atoms with van der Waals surface area (Å²) in [5.41, 5.74) is 4.22. The van der Waals surface area contributed by atoms with Crippen molar-refractivity contribution in [3.05, 3.63) is 89.5 Å². The van der Waals surface area contributed by atoms with Gasteiger partial charge < -0.3 is 14.4 Å². The van der Waals surface area contributed by atoms with Crippen LogP contribution < -0.4 is 14.4 Å². The molecule has 0 aliphatic carbocycles. The quantitative estimate of drug-likeness (QED) is 0.626. The second-order valence-corrected chi connectivity index (χ2v) is 6.87. The molecule has 0 unspecified atom stereocenters. The van der Waals surface area contributed by atoms with Crippen molar-refractivity contribution in [2.45, 2.75) is 26.0 Å². The fourth-order valence-electron chi connectivity index (χ4n) is 3.50. The molecule has 0 spiro atoms. The van der Waals surface area contributed by atoms with Crippen molar-refractivity contribution in [1.82, 2.24) is 0 Å². The molecule has 0 N–H and O–H groups in total. The Morgan fingerprint density at radius 1 is 0.857 bits per heavy atom. The first-order valence-electron chi connectivity index (χ1n) is 9.46. The Hall–Kier alpha value is -3.27. The highest BCUT2D eigenvalue weighted by Gasteiger charge is 2.26. The summed E-state index contributed by atoms with van der Waals surface area (Å²) in [6.07, 6.45) is 1.22. The molecule has 1 aliphatic rings. The average molecular weight is 373 g/mol. The molecule has 0 atom stereocenters. The lowest BCUT2D eigenvalue weighted by atomic mass is 9.99. The van der Waals surface area contributed by atoms with Gasteiger partial charge in [-0.2, -0.15) is 0 Å². The zero-order valence-corrected chi connectivity index (χ0v) is 15.9. The van der Waals surface area contributed by atoms with E-state index in [1.807, 2.05) is 77.7 Å². The number of rotatable bonds is 6. The molecular formula is C24H23NO3. The number of anilines is 1. The summed E-state index contributed by atoms with van der Waals surface area (Å²) < 4.78 is 11.6.